The molecule has 0 atom stereocenters. The predicted molar refractivity (Wildman–Crippen MR) is 96.4 cm³/mol. The largest absolute Gasteiger partial charge is 0.418 e. The van der Waals surface area contributed by atoms with Crippen LogP contribution in [0, 0.1) is 0 Å². The summed E-state index contributed by atoms with van der Waals surface area (Å²) in [6.45, 7) is 0. The molecule has 12 heteroatoms. The minimum absolute atomic E-state index is 0.155. The maximum absolute atomic E-state index is 13.3. The molecule has 1 aromatic heterocycles. The Kier molecular flexibility index (Phi) is 6.68. The number of ketones is 1. The second-order valence-electron chi connectivity index (χ2n) is 5.53. The van der Waals surface area contributed by atoms with Crippen molar-refractivity contribution in [3.63, 3.8) is 0 Å². The molecule has 0 saturated heterocycles. The molecule has 1 aromatic carbocycles. The first-order valence-electron chi connectivity index (χ1n) is 7.60. The number of carbonyl (C=O) groups excluding carboxylic acids is 3. The van der Waals surface area contributed by atoms with Crippen LogP contribution >= 0.6 is 23.2 Å². The van der Waals surface area contributed by atoms with Gasteiger partial charge in [-0.2, -0.15) is 13.2 Å². The maximum Gasteiger partial charge on any atom is 0.418 e. The molecule has 0 spiro atoms. The van der Waals surface area contributed by atoms with E-state index in [9.17, 15) is 27.6 Å². The minimum Gasteiger partial charge on any atom is -0.323 e. The first kappa shape index (κ1) is 21.7. The number of rotatable bonds is 6. The van der Waals surface area contributed by atoms with Crippen LogP contribution in [0.15, 0.2) is 30.6 Å². The highest BCUT2D eigenvalue weighted by molar-refractivity contribution is 6.54. The van der Waals surface area contributed by atoms with Crippen LogP contribution in [0.5, 0.6) is 0 Å². The number of aromatic nitrogens is 2. The average molecular weight is 437 g/mol. The van der Waals surface area contributed by atoms with E-state index in [4.69, 9.17) is 23.2 Å². The van der Waals surface area contributed by atoms with E-state index >= 15 is 0 Å². The number of alkyl halides is 5. The quantitative estimate of drug-likeness (QED) is 0.412. The summed E-state index contributed by atoms with van der Waals surface area (Å²) in [5.41, 5.74) is -2.60. The van der Waals surface area contributed by atoms with E-state index in [2.05, 4.69) is 10.3 Å². The molecule has 0 aliphatic heterocycles. The average Bonchev–Trinajstić information content (AvgIpc) is 2.98. The van der Waals surface area contributed by atoms with Crippen molar-refractivity contribution in [2.45, 2.75) is 17.4 Å². The van der Waals surface area contributed by atoms with Gasteiger partial charge in [0, 0.05) is 25.0 Å². The van der Waals surface area contributed by atoms with Crippen LogP contribution in [0.25, 0.3) is 0 Å². The number of nitrogens with one attached hydrogen (secondary N) is 2. The van der Waals surface area contributed by atoms with E-state index in [0.717, 1.165) is 12.1 Å². The number of halogens is 5. The second kappa shape index (κ2) is 8.61. The Hall–Kier alpha value is -2.59. The van der Waals surface area contributed by atoms with Crippen LogP contribution in [-0.2, 0) is 22.8 Å². The van der Waals surface area contributed by atoms with Crippen LogP contribution in [0.3, 0.4) is 0 Å². The number of hydrogen-bond donors (Lipinski definition) is 2. The summed E-state index contributed by atoms with van der Waals surface area (Å²) in [5.74, 6) is -2.73. The fraction of sp³-hybridized carbons (Fsp3) is 0.250. The number of anilines is 2. The van der Waals surface area contributed by atoms with E-state index in [1.807, 2.05) is 5.32 Å². The Balaban J connectivity index is 2.32. The van der Waals surface area contributed by atoms with E-state index in [-0.39, 0.29) is 5.95 Å². The van der Waals surface area contributed by atoms with Crippen molar-refractivity contribution in [2.24, 2.45) is 7.05 Å². The summed E-state index contributed by atoms with van der Waals surface area (Å²) in [6.07, 6.45) is -2.69. The molecule has 0 radical (unpaired) electrons. The van der Waals surface area contributed by atoms with Gasteiger partial charge in [-0.05, 0) is 12.1 Å². The second-order valence-corrected chi connectivity index (χ2v) is 6.62. The molecule has 2 amide bonds. The molecular formula is C16H13Cl2F3N4O3. The molecule has 0 aliphatic carbocycles. The number of Topliss-reactive ketones (excluding diaryl/α,β-unsaturated/α-hetero) is 1. The van der Waals surface area contributed by atoms with Crippen molar-refractivity contribution in [3.05, 3.63) is 41.7 Å². The summed E-state index contributed by atoms with van der Waals surface area (Å²) in [5, 5.41) is 4.26. The normalized spacial score (nSPS) is 11.4. The van der Waals surface area contributed by atoms with Crippen molar-refractivity contribution in [1.29, 1.82) is 0 Å². The van der Waals surface area contributed by atoms with Crippen LogP contribution in [-0.4, -0.2) is 32.0 Å². The number of imidazole rings is 1. The molecule has 7 nitrogen and oxygen atoms in total. The Bertz CT molecular complexity index is 913. The summed E-state index contributed by atoms with van der Waals surface area (Å²) >= 11 is 10.7. The van der Waals surface area contributed by atoms with Crippen molar-refractivity contribution < 1.29 is 27.6 Å². The lowest BCUT2D eigenvalue weighted by Gasteiger charge is -2.17. The van der Waals surface area contributed by atoms with Gasteiger partial charge in [-0.15, -0.1) is 0 Å². The van der Waals surface area contributed by atoms with Gasteiger partial charge in [0.2, 0.25) is 11.9 Å². The number of amides is 2. The topological polar surface area (TPSA) is 93.1 Å². The van der Waals surface area contributed by atoms with Crippen LogP contribution in [0.1, 0.15) is 22.3 Å². The highest BCUT2D eigenvalue weighted by atomic mass is 35.5. The Morgan fingerprint density at radius 2 is 1.89 bits per heavy atom. The SMILES string of the molecule is Cn1ccnc1NC(=O)CC(=O)c1cccc(C(F)(F)F)c1NC(=O)C(Cl)Cl. The first-order chi connectivity index (χ1) is 13.0. The van der Waals surface area contributed by atoms with Gasteiger partial charge in [0.1, 0.15) is 0 Å². The monoisotopic (exact) mass is 436 g/mol. The van der Waals surface area contributed by atoms with E-state index in [1.165, 1.54) is 10.8 Å². The highest BCUT2D eigenvalue weighted by Crippen LogP contribution is 2.37. The van der Waals surface area contributed by atoms with Gasteiger partial charge in [0.05, 0.1) is 17.7 Å². The molecule has 150 valence electrons. The molecule has 28 heavy (non-hydrogen) atoms. The highest BCUT2D eigenvalue weighted by Gasteiger charge is 2.36. The summed E-state index contributed by atoms with van der Waals surface area (Å²) in [7, 11) is 1.60. The van der Waals surface area contributed by atoms with Gasteiger partial charge in [0.15, 0.2) is 10.6 Å². The van der Waals surface area contributed by atoms with Crippen molar-refractivity contribution >= 4 is 52.4 Å². The van der Waals surface area contributed by atoms with Crippen molar-refractivity contribution in [2.75, 3.05) is 10.6 Å². The standard InChI is InChI=1S/C16H13Cl2F3N4O3/c1-25-6-5-22-15(25)23-11(27)7-10(26)8-3-2-4-9(16(19,20)21)12(8)24-14(28)13(17)18/h2-6,13H,7H2,1H3,(H,24,28)(H,22,23,27). The third kappa shape index (κ3) is 5.23. The van der Waals surface area contributed by atoms with Crippen molar-refractivity contribution in [3.8, 4) is 0 Å². The minimum atomic E-state index is -4.87. The molecule has 2 aromatic rings. The van der Waals surface area contributed by atoms with Crippen LogP contribution < -0.4 is 10.6 Å². The molecule has 2 N–H and O–H groups in total. The number of para-hydroxylation sites is 1. The van der Waals surface area contributed by atoms with Crippen LogP contribution in [0.2, 0.25) is 0 Å². The Morgan fingerprint density at radius 3 is 2.43 bits per heavy atom. The van der Waals surface area contributed by atoms with Gasteiger partial charge < -0.3 is 9.88 Å². The fourth-order valence-electron chi connectivity index (χ4n) is 2.23. The van der Waals surface area contributed by atoms with E-state index in [0.29, 0.717) is 6.07 Å². The van der Waals surface area contributed by atoms with Gasteiger partial charge in [-0.3, -0.25) is 19.7 Å². The molecule has 1 heterocycles. The van der Waals surface area contributed by atoms with Crippen LogP contribution in [0.4, 0.5) is 24.8 Å². The molecule has 2 rings (SSSR count). The molecule has 0 aliphatic rings. The summed E-state index contributed by atoms with van der Waals surface area (Å²) in [4.78, 5) is 38.4. The number of nitrogens with zero attached hydrogens (tertiary/aromatic N) is 2. The lowest BCUT2D eigenvalue weighted by Crippen LogP contribution is -2.25. The predicted octanol–water partition coefficient (Wildman–Crippen LogP) is 3.39. The molecular weight excluding hydrogens is 424 g/mol. The molecule has 0 bridgehead atoms. The smallest absolute Gasteiger partial charge is 0.323 e. The zero-order valence-corrected chi connectivity index (χ0v) is 15.7. The van der Waals surface area contributed by atoms with Crippen molar-refractivity contribution in [1.82, 2.24) is 9.55 Å². The van der Waals surface area contributed by atoms with Gasteiger partial charge in [0.25, 0.3) is 5.91 Å². The fourth-order valence-corrected chi connectivity index (χ4v) is 2.34. The van der Waals surface area contributed by atoms with Gasteiger partial charge in [-0.25, -0.2) is 4.98 Å². The third-order valence-electron chi connectivity index (χ3n) is 3.51. The Morgan fingerprint density at radius 1 is 1.21 bits per heavy atom. The van der Waals surface area contributed by atoms with E-state index in [1.54, 1.807) is 13.2 Å². The molecule has 0 fully saturated rings. The number of hydrogen-bond acceptors (Lipinski definition) is 4. The van der Waals surface area contributed by atoms with E-state index < -0.39 is 51.8 Å². The molecule has 0 saturated carbocycles. The van der Waals surface area contributed by atoms with Gasteiger partial charge >= 0.3 is 6.18 Å². The molecule has 0 unspecified atom stereocenters. The lowest BCUT2D eigenvalue weighted by molar-refractivity contribution is -0.137. The zero-order chi connectivity index (χ0) is 21.1. The summed E-state index contributed by atoms with van der Waals surface area (Å²) < 4.78 is 41.3. The first-order valence-corrected chi connectivity index (χ1v) is 8.47. The number of benzene rings is 1. The third-order valence-corrected chi connectivity index (χ3v) is 3.91. The lowest BCUT2D eigenvalue weighted by atomic mass is 10.0. The summed E-state index contributed by atoms with van der Waals surface area (Å²) in [6, 6.07) is 2.72. The Labute approximate surface area is 166 Å². The van der Waals surface area contributed by atoms with Gasteiger partial charge in [-0.1, -0.05) is 29.3 Å². The number of aryl methyl sites for hydroxylation is 1. The zero-order valence-electron chi connectivity index (χ0n) is 14.2. The number of carbonyl (C=O) groups is 3. The maximum atomic E-state index is 13.3.